The number of imidazole rings is 1. The van der Waals surface area contributed by atoms with Crippen molar-refractivity contribution in [2.75, 3.05) is 6.54 Å². The van der Waals surface area contributed by atoms with Crippen LogP contribution < -0.4 is 11.0 Å². The lowest BCUT2D eigenvalue weighted by Crippen LogP contribution is -2.25. The van der Waals surface area contributed by atoms with Gasteiger partial charge in [-0.1, -0.05) is 0 Å². The summed E-state index contributed by atoms with van der Waals surface area (Å²) in [7, 11) is 0. The number of nitrogens with zero attached hydrogens (tertiary/aromatic N) is 3. The van der Waals surface area contributed by atoms with Crippen LogP contribution in [0.5, 0.6) is 0 Å². The Kier molecular flexibility index (Phi) is 3.50. The largest absolute Gasteiger partial charge is 0.352 e. The minimum atomic E-state index is -0.317. The highest BCUT2D eigenvalue weighted by Crippen LogP contribution is 2.04. The van der Waals surface area contributed by atoms with Crippen LogP contribution in [0, 0.1) is 0 Å². The van der Waals surface area contributed by atoms with Crippen molar-refractivity contribution in [2.45, 2.75) is 12.8 Å². The van der Waals surface area contributed by atoms with Crippen molar-refractivity contribution < 1.29 is 4.79 Å². The van der Waals surface area contributed by atoms with E-state index in [1.165, 1.54) is 0 Å². The van der Waals surface area contributed by atoms with E-state index in [0.717, 1.165) is 5.65 Å². The molecule has 3 rings (SSSR count). The van der Waals surface area contributed by atoms with Gasteiger partial charge in [0, 0.05) is 31.6 Å². The molecule has 0 radical (unpaired) electrons. The fourth-order valence-electron chi connectivity index (χ4n) is 2.04. The summed E-state index contributed by atoms with van der Waals surface area (Å²) >= 11 is 0. The Morgan fingerprint density at radius 3 is 3.10 bits per heavy atom. The predicted octanol–water partition coefficient (Wildman–Crippen LogP) is 0.108. The first-order valence-corrected chi connectivity index (χ1v) is 6.57. The van der Waals surface area contributed by atoms with Crippen molar-refractivity contribution in [2.24, 2.45) is 0 Å². The van der Waals surface area contributed by atoms with Gasteiger partial charge in [0.15, 0.2) is 0 Å². The predicted molar refractivity (Wildman–Crippen MR) is 75.1 cm³/mol. The van der Waals surface area contributed by atoms with E-state index in [2.05, 4.69) is 25.5 Å². The molecule has 0 aliphatic heterocycles. The Hall–Kier alpha value is -2.90. The van der Waals surface area contributed by atoms with Crippen molar-refractivity contribution >= 4 is 11.6 Å². The summed E-state index contributed by atoms with van der Waals surface area (Å²) in [5.41, 5.74) is 1.06. The van der Waals surface area contributed by atoms with E-state index >= 15 is 0 Å². The summed E-state index contributed by atoms with van der Waals surface area (Å²) in [6.07, 6.45) is 6.50. The van der Waals surface area contributed by atoms with E-state index in [0.29, 0.717) is 30.8 Å². The minimum absolute atomic E-state index is 0.138. The topological polar surface area (TPSA) is 108 Å². The molecular formula is C13H14N6O2. The average molecular weight is 286 g/mol. The highest BCUT2D eigenvalue weighted by molar-refractivity contribution is 5.94. The highest BCUT2D eigenvalue weighted by Gasteiger charge is 2.06. The van der Waals surface area contributed by atoms with Gasteiger partial charge in [0.05, 0.1) is 5.56 Å². The third kappa shape index (κ3) is 2.99. The van der Waals surface area contributed by atoms with Gasteiger partial charge in [-0.2, -0.15) is 5.10 Å². The first-order chi connectivity index (χ1) is 10.2. The molecule has 0 saturated heterocycles. The summed E-state index contributed by atoms with van der Waals surface area (Å²) in [5, 5.41) is 8.93. The molecule has 0 unspecified atom stereocenters. The fourth-order valence-corrected chi connectivity index (χ4v) is 2.04. The minimum Gasteiger partial charge on any atom is -0.352 e. The van der Waals surface area contributed by atoms with Crippen LogP contribution in [0.4, 0.5) is 0 Å². The van der Waals surface area contributed by atoms with Gasteiger partial charge in [-0.25, -0.2) is 14.9 Å². The van der Waals surface area contributed by atoms with Crippen molar-refractivity contribution in [3.05, 3.63) is 52.6 Å². The van der Waals surface area contributed by atoms with E-state index in [-0.39, 0.29) is 11.6 Å². The first kappa shape index (κ1) is 13.1. The molecule has 0 atom stereocenters. The molecule has 0 saturated carbocycles. The molecule has 3 aromatic heterocycles. The molecule has 8 heteroatoms. The summed E-state index contributed by atoms with van der Waals surface area (Å²) in [6.45, 7) is 0.510. The van der Waals surface area contributed by atoms with E-state index in [9.17, 15) is 9.59 Å². The normalized spacial score (nSPS) is 10.9. The fraction of sp³-hybridized carbons (Fsp3) is 0.231. The summed E-state index contributed by atoms with van der Waals surface area (Å²) in [6, 6.07) is 3.53. The maximum Gasteiger partial charge on any atom is 0.340 e. The zero-order chi connectivity index (χ0) is 14.7. The molecule has 0 spiro atoms. The zero-order valence-corrected chi connectivity index (χ0v) is 11.2. The quantitative estimate of drug-likeness (QED) is 0.578. The van der Waals surface area contributed by atoms with Crippen LogP contribution in [0.2, 0.25) is 0 Å². The van der Waals surface area contributed by atoms with Crippen molar-refractivity contribution in [1.82, 2.24) is 29.9 Å². The zero-order valence-electron chi connectivity index (χ0n) is 11.2. The second-order valence-electron chi connectivity index (χ2n) is 4.59. The van der Waals surface area contributed by atoms with Gasteiger partial charge in [0.25, 0.3) is 5.91 Å². The molecule has 8 nitrogen and oxygen atoms in total. The molecule has 0 aromatic carbocycles. The van der Waals surface area contributed by atoms with Crippen molar-refractivity contribution in [1.29, 1.82) is 0 Å². The van der Waals surface area contributed by atoms with E-state index in [4.69, 9.17) is 0 Å². The van der Waals surface area contributed by atoms with E-state index in [1.54, 1.807) is 35.1 Å². The van der Waals surface area contributed by atoms with Gasteiger partial charge >= 0.3 is 5.69 Å². The van der Waals surface area contributed by atoms with Crippen LogP contribution in [0.3, 0.4) is 0 Å². The molecule has 1 amide bonds. The van der Waals surface area contributed by atoms with E-state index < -0.39 is 0 Å². The Bertz CT molecular complexity index is 815. The standard InChI is InChI=1S/C13H14N6O2/c20-12(9-3-4-11-14-6-7-19(11)8-9)15-5-1-2-10-16-13(21)18-17-10/h3-4,6-8H,1-2,5H2,(H,15,20)(H2,16,17,18,21). The third-order valence-corrected chi connectivity index (χ3v) is 3.08. The van der Waals surface area contributed by atoms with Crippen LogP contribution in [-0.4, -0.2) is 37.0 Å². The monoisotopic (exact) mass is 286 g/mol. The average Bonchev–Trinajstić information content (AvgIpc) is 3.11. The number of rotatable bonds is 5. The molecule has 3 heterocycles. The smallest absolute Gasteiger partial charge is 0.340 e. The summed E-state index contributed by atoms with van der Waals surface area (Å²) < 4.78 is 1.80. The van der Waals surface area contributed by atoms with Gasteiger partial charge in [0.2, 0.25) is 0 Å². The van der Waals surface area contributed by atoms with Gasteiger partial charge < -0.3 is 9.72 Å². The molecule has 3 aromatic rings. The number of hydrogen-bond acceptors (Lipinski definition) is 4. The second-order valence-corrected chi connectivity index (χ2v) is 4.59. The summed E-state index contributed by atoms with van der Waals surface area (Å²) in [5.74, 6) is 0.454. The van der Waals surface area contributed by atoms with Crippen LogP contribution in [0.15, 0.2) is 35.5 Å². The molecular weight excluding hydrogens is 272 g/mol. The maximum absolute atomic E-state index is 12.0. The molecule has 108 valence electrons. The summed E-state index contributed by atoms with van der Waals surface area (Å²) in [4.78, 5) is 29.5. The lowest BCUT2D eigenvalue weighted by molar-refractivity contribution is 0.0952. The molecule has 3 N–H and O–H groups in total. The SMILES string of the molecule is O=C(NCCCc1n[nH]c(=O)[nH]1)c1ccc2nccn2c1. The number of fused-ring (bicyclic) bond motifs is 1. The van der Waals surface area contributed by atoms with Crippen LogP contribution in [0.25, 0.3) is 5.65 Å². The number of carbonyl (C=O) groups is 1. The van der Waals surface area contributed by atoms with Crippen LogP contribution in [-0.2, 0) is 6.42 Å². The number of amides is 1. The molecule has 0 aliphatic rings. The molecule has 0 aliphatic carbocycles. The third-order valence-electron chi connectivity index (χ3n) is 3.08. The Morgan fingerprint density at radius 1 is 1.38 bits per heavy atom. The molecule has 0 bridgehead atoms. The van der Waals surface area contributed by atoms with Crippen molar-refractivity contribution in [3.63, 3.8) is 0 Å². The van der Waals surface area contributed by atoms with Gasteiger partial charge in [-0.15, -0.1) is 0 Å². The van der Waals surface area contributed by atoms with E-state index in [1.807, 2.05) is 0 Å². The number of pyridine rings is 1. The Labute approximate surface area is 119 Å². The van der Waals surface area contributed by atoms with Gasteiger partial charge in [0.1, 0.15) is 11.5 Å². The number of nitrogens with one attached hydrogen (secondary N) is 3. The number of aromatic amines is 2. The van der Waals surface area contributed by atoms with Gasteiger partial charge in [-0.3, -0.25) is 9.78 Å². The van der Waals surface area contributed by atoms with Gasteiger partial charge in [-0.05, 0) is 18.6 Å². The van der Waals surface area contributed by atoms with Crippen molar-refractivity contribution in [3.8, 4) is 0 Å². The highest BCUT2D eigenvalue weighted by atomic mass is 16.2. The number of hydrogen-bond donors (Lipinski definition) is 3. The Balaban J connectivity index is 1.52. The number of carbonyl (C=O) groups excluding carboxylic acids is 1. The number of aryl methyl sites for hydroxylation is 1. The first-order valence-electron chi connectivity index (χ1n) is 6.57. The molecule has 21 heavy (non-hydrogen) atoms. The molecule has 0 fully saturated rings. The number of H-pyrrole nitrogens is 2. The lowest BCUT2D eigenvalue weighted by Gasteiger charge is -2.05. The maximum atomic E-state index is 12.0. The number of aromatic nitrogens is 5. The van der Waals surface area contributed by atoms with Crippen LogP contribution >= 0.6 is 0 Å². The lowest BCUT2D eigenvalue weighted by atomic mass is 10.2. The van der Waals surface area contributed by atoms with Crippen LogP contribution in [0.1, 0.15) is 22.6 Å². The second kappa shape index (κ2) is 5.61. The Morgan fingerprint density at radius 2 is 2.29 bits per heavy atom.